The van der Waals surface area contributed by atoms with E-state index in [4.69, 9.17) is 21.0 Å². The third kappa shape index (κ3) is 8.49. The molecule has 0 unspecified atom stereocenters. The zero-order chi connectivity index (χ0) is 28.8. The van der Waals surface area contributed by atoms with Crippen molar-refractivity contribution in [2.45, 2.75) is 83.2 Å². The molecule has 1 aliphatic carbocycles. The first-order valence-corrected chi connectivity index (χ1v) is 17.5. The van der Waals surface area contributed by atoms with Gasteiger partial charge in [0.1, 0.15) is 17.5 Å². The topological polar surface area (TPSA) is 71.1 Å². The summed E-state index contributed by atoms with van der Waals surface area (Å²) in [5.41, 5.74) is 2.43. The summed E-state index contributed by atoms with van der Waals surface area (Å²) in [6.07, 6.45) is 6.09. The minimum absolute atomic E-state index is 0.242. The van der Waals surface area contributed by atoms with Crippen molar-refractivity contribution in [1.82, 2.24) is 15.3 Å². The van der Waals surface area contributed by atoms with Crippen LogP contribution < -0.4 is 16.0 Å². The van der Waals surface area contributed by atoms with Crippen LogP contribution >= 0.6 is 11.6 Å². The van der Waals surface area contributed by atoms with Crippen LogP contribution in [0.2, 0.25) is 23.2 Å². The molecule has 0 aliphatic heterocycles. The van der Waals surface area contributed by atoms with Gasteiger partial charge in [-0.25, -0.2) is 14.4 Å². The minimum atomic E-state index is -1.69. The number of benzene rings is 1. The summed E-state index contributed by atoms with van der Waals surface area (Å²) in [5, 5.41) is 11.4. The highest BCUT2D eigenvalue weighted by atomic mass is 35.5. The normalized spacial score (nSPS) is 18.0. The van der Waals surface area contributed by atoms with Crippen LogP contribution in [0.15, 0.2) is 54.7 Å². The van der Waals surface area contributed by atoms with E-state index in [1.165, 1.54) is 12.1 Å². The molecule has 3 N–H and O–H groups in total. The molecule has 0 saturated heterocycles. The molecular weight excluding hydrogens is 541 g/mol. The Kier molecular flexibility index (Phi) is 10.2. The molecular formula is C31H43ClFN5OSi. The van der Waals surface area contributed by atoms with Crippen LogP contribution in [-0.2, 0) is 11.0 Å². The number of halogens is 2. The van der Waals surface area contributed by atoms with E-state index in [0.29, 0.717) is 29.5 Å². The van der Waals surface area contributed by atoms with E-state index in [-0.39, 0.29) is 10.9 Å². The molecule has 1 saturated carbocycles. The molecule has 6 nitrogen and oxygen atoms in total. The summed E-state index contributed by atoms with van der Waals surface area (Å²) in [6, 6.07) is 15.2. The maximum atomic E-state index is 13.5. The Bertz CT molecular complexity index is 1260. The fourth-order valence-electron chi connectivity index (χ4n) is 4.67. The monoisotopic (exact) mass is 583 g/mol. The van der Waals surface area contributed by atoms with Gasteiger partial charge in [0.05, 0.1) is 10.7 Å². The van der Waals surface area contributed by atoms with Crippen LogP contribution in [0.25, 0.3) is 11.3 Å². The van der Waals surface area contributed by atoms with E-state index in [0.717, 1.165) is 61.5 Å². The molecule has 1 aliphatic rings. The second kappa shape index (κ2) is 13.4. The first kappa shape index (κ1) is 30.4. The highest BCUT2D eigenvalue weighted by Gasteiger charge is 2.36. The van der Waals surface area contributed by atoms with E-state index in [9.17, 15) is 4.39 Å². The fraction of sp³-hybridized carbons (Fsp3) is 0.484. The molecule has 0 amide bonds. The molecule has 216 valence electrons. The molecule has 0 atom stereocenters. The average Bonchev–Trinajstić information content (AvgIpc) is 2.91. The summed E-state index contributed by atoms with van der Waals surface area (Å²) < 4.78 is 19.8. The lowest BCUT2D eigenvalue weighted by molar-refractivity contribution is 0.266. The Morgan fingerprint density at radius 2 is 1.73 bits per heavy atom. The van der Waals surface area contributed by atoms with Gasteiger partial charge >= 0.3 is 0 Å². The van der Waals surface area contributed by atoms with Crippen molar-refractivity contribution in [2.24, 2.45) is 0 Å². The maximum absolute atomic E-state index is 13.5. The number of aromatic nitrogens is 2. The van der Waals surface area contributed by atoms with E-state index in [1.807, 2.05) is 30.3 Å². The molecule has 9 heteroatoms. The number of hydrogen-bond donors (Lipinski definition) is 3. The van der Waals surface area contributed by atoms with Gasteiger partial charge in [0.25, 0.3) is 0 Å². The van der Waals surface area contributed by atoms with E-state index in [1.54, 1.807) is 12.3 Å². The van der Waals surface area contributed by atoms with Crippen LogP contribution in [-0.4, -0.2) is 43.5 Å². The molecule has 2 aromatic heterocycles. The molecule has 0 spiro atoms. The molecule has 40 heavy (non-hydrogen) atoms. The lowest BCUT2D eigenvalue weighted by atomic mass is 9.91. The average molecular weight is 584 g/mol. The Morgan fingerprint density at radius 1 is 1.00 bits per heavy atom. The van der Waals surface area contributed by atoms with Gasteiger partial charge in [-0.2, -0.15) is 0 Å². The van der Waals surface area contributed by atoms with Crippen molar-refractivity contribution in [1.29, 1.82) is 0 Å². The summed E-state index contributed by atoms with van der Waals surface area (Å²) in [5.74, 6) is 1.25. The summed E-state index contributed by atoms with van der Waals surface area (Å²) in [6.45, 7) is 13.6. The third-order valence-corrected chi connectivity index (χ3v) is 13.0. The van der Waals surface area contributed by atoms with Crippen LogP contribution in [0, 0.1) is 5.82 Å². The molecule has 1 aromatic carbocycles. The first-order chi connectivity index (χ1) is 19.0. The minimum Gasteiger partial charge on any atom is -0.416 e. The van der Waals surface area contributed by atoms with Crippen LogP contribution in [0.5, 0.6) is 0 Å². The highest BCUT2D eigenvalue weighted by Crippen LogP contribution is 2.36. The zero-order valence-corrected chi connectivity index (χ0v) is 26.1. The molecule has 0 bridgehead atoms. The number of rotatable bonds is 11. The smallest absolute Gasteiger partial charge is 0.192 e. The third-order valence-electron chi connectivity index (χ3n) is 8.13. The van der Waals surface area contributed by atoms with Gasteiger partial charge in [0.15, 0.2) is 8.32 Å². The lowest BCUT2D eigenvalue weighted by Crippen LogP contribution is -2.44. The summed E-state index contributed by atoms with van der Waals surface area (Å²) in [4.78, 5) is 9.28. The maximum Gasteiger partial charge on any atom is 0.192 e. The van der Waals surface area contributed by atoms with Crippen molar-refractivity contribution < 1.29 is 8.82 Å². The Labute approximate surface area is 244 Å². The van der Waals surface area contributed by atoms with Gasteiger partial charge in [-0.1, -0.05) is 50.6 Å². The van der Waals surface area contributed by atoms with Gasteiger partial charge in [-0.05, 0) is 79.7 Å². The Morgan fingerprint density at radius 3 is 2.45 bits per heavy atom. The number of nitrogens with zero attached hydrogens (tertiary/aromatic N) is 2. The van der Waals surface area contributed by atoms with Crippen molar-refractivity contribution in [3.05, 3.63) is 71.1 Å². The molecule has 3 aromatic rings. The van der Waals surface area contributed by atoms with Gasteiger partial charge in [0, 0.05) is 43.5 Å². The van der Waals surface area contributed by atoms with E-state index < -0.39 is 8.32 Å². The molecule has 0 radical (unpaired) electrons. The van der Waals surface area contributed by atoms with Gasteiger partial charge in [-0.15, -0.1) is 0 Å². The second-order valence-corrected chi connectivity index (χ2v) is 17.4. The number of pyridine rings is 2. The number of hydrogen-bond acceptors (Lipinski definition) is 6. The van der Waals surface area contributed by atoms with Gasteiger partial charge in [-0.3, -0.25) is 0 Å². The van der Waals surface area contributed by atoms with Crippen molar-refractivity contribution in [2.75, 3.05) is 23.8 Å². The van der Waals surface area contributed by atoms with Crippen LogP contribution in [0.3, 0.4) is 0 Å². The predicted molar refractivity (Wildman–Crippen MR) is 167 cm³/mol. The van der Waals surface area contributed by atoms with E-state index >= 15 is 0 Å². The summed E-state index contributed by atoms with van der Waals surface area (Å²) >= 11 is 6.54. The Hall–Kier alpha value is -2.52. The lowest BCUT2D eigenvalue weighted by Gasteiger charge is -2.36. The predicted octanol–water partition coefficient (Wildman–Crippen LogP) is 7.88. The molecule has 4 rings (SSSR count). The van der Waals surface area contributed by atoms with Crippen LogP contribution in [0.4, 0.5) is 16.0 Å². The van der Waals surface area contributed by atoms with Crippen molar-refractivity contribution in [3.8, 4) is 11.3 Å². The van der Waals surface area contributed by atoms with E-state index in [2.05, 4.69) is 54.8 Å². The van der Waals surface area contributed by atoms with Crippen LogP contribution in [0.1, 0.15) is 52.0 Å². The first-order valence-electron chi connectivity index (χ1n) is 14.3. The zero-order valence-electron chi connectivity index (χ0n) is 24.4. The quantitative estimate of drug-likeness (QED) is 0.157. The number of nitrogens with one attached hydrogen (secondary N) is 3. The molecule has 1 fully saturated rings. The SMILES string of the molecule is CC(C)(C)[Si](C)(C)OCCNC1CCC(Nc2cc(-c3cccc(NCc4cccc(F)c4)n3)c(Cl)cn2)CC1. The Balaban J connectivity index is 1.28. The van der Waals surface area contributed by atoms with Gasteiger partial charge < -0.3 is 20.4 Å². The van der Waals surface area contributed by atoms with Crippen molar-refractivity contribution >= 4 is 31.6 Å². The molecule has 2 heterocycles. The fourth-order valence-corrected chi connectivity index (χ4v) is 5.92. The second-order valence-electron chi connectivity index (χ2n) is 12.2. The summed E-state index contributed by atoms with van der Waals surface area (Å²) in [7, 11) is -1.69. The number of anilines is 2. The highest BCUT2D eigenvalue weighted by molar-refractivity contribution is 6.74. The largest absolute Gasteiger partial charge is 0.416 e. The van der Waals surface area contributed by atoms with Gasteiger partial charge in [0.2, 0.25) is 0 Å². The van der Waals surface area contributed by atoms with Crippen molar-refractivity contribution in [3.63, 3.8) is 0 Å². The standard InChI is InChI=1S/C31H43ClFN5OSi/c1-31(2,3)40(4,5)39-17-16-34-24-12-14-25(15-13-24)37-30-19-26(27(32)21-36-30)28-10-7-11-29(38-28)35-20-22-8-6-9-23(33)18-22/h6-11,18-19,21,24-25,34H,12-17,20H2,1-5H3,(H,35,38)(H,36,37).